The van der Waals surface area contributed by atoms with E-state index >= 15 is 0 Å². The summed E-state index contributed by atoms with van der Waals surface area (Å²) in [4.78, 5) is 4.68. The fraction of sp³-hybridized carbons (Fsp3) is 0.0698. The summed E-state index contributed by atoms with van der Waals surface area (Å²) >= 11 is 4.02. The van der Waals surface area contributed by atoms with Crippen molar-refractivity contribution in [1.82, 2.24) is 0 Å². The molecule has 0 heterocycles. The van der Waals surface area contributed by atoms with E-state index in [0.717, 1.165) is 38.6 Å². The molecule has 1 aliphatic carbocycles. The molecule has 0 fully saturated rings. The van der Waals surface area contributed by atoms with Gasteiger partial charge in [0.15, 0.2) is 0 Å². The second kappa shape index (κ2) is 11.3. The quantitative estimate of drug-likeness (QED) is 0.176. The highest BCUT2D eigenvalue weighted by Crippen LogP contribution is 2.51. The second-order valence-corrected chi connectivity index (χ2v) is 13.3. The predicted octanol–water partition coefficient (Wildman–Crippen LogP) is 12.8. The van der Waals surface area contributed by atoms with Crippen LogP contribution >= 0.6 is 15.9 Å². The molecule has 0 aliphatic heterocycles. The topological polar surface area (TPSA) is 6.48 Å². The van der Waals surface area contributed by atoms with Gasteiger partial charge in [-0.3, -0.25) is 0 Å². The molecule has 0 N–H and O–H groups in total. The van der Waals surface area contributed by atoms with Crippen LogP contribution in [-0.2, 0) is 5.41 Å². The average Bonchev–Trinajstić information content (AvgIpc) is 3.32. The molecule has 0 spiro atoms. The van der Waals surface area contributed by atoms with Crippen molar-refractivity contribution in [3.63, 3.8) is 0 Å². The second-order valence-electron chi connectivity index (χ2n) is 12.4. The van der Waals surface area contributed by atoms with Crippen LogP contribution in [0.25, 0.3) is 21.9 Å². The number of fused-ring (bicyclic) bond motifs is 4. The maximum Gasteiger partial charge on any atom is 0.0605 e. The summed E-state index contributed by atoms with van der Waals surface area (Å²) in [5.41, 5.74) is 11.9. The number of halogens is 1. The Bertz CT molecular complexity index is 2200. The lowest BCUT2D eigenvalue weighted by atomic mass is 9.82. The largest absolute Gasteiger partial charge is 0.310 e. The van der Waals surface area contributed by atoms with Gasteiger partial charge in [-0.05, 0) is 116 Å². The lowest BCUT2D eigenvalue weighted by Gasteiger charge is -2.30. The third-order valence-electron chi connectivity index (χ3n) is 9.28. The Morgan fingerprint density at radius 2 is 0.957 bits per heavy atom. The van der Waals surface area contributed by atoms with E-state index in [2.05, 4.69) is 203 Å². The molecule has 2 nitrogen and oxygen atoms in total. The first-order valence-electron chi connectivity index (χ1n) is 15.7. The number of nitrogens with zero attached hydrogens (tertiary/aromatic N) is 2. The maximum atomic E-state index is 4.02. The Morgan fingerprint density at radius 1 is 0.413 bits per heavy atom. The maximum absolute atomic E-state index is 4.02. The van der Waals surface area contributed by atoms with Gasteiger partial charge in [-0.15, -0.1) is 0 Å². The molecular weight excluding hydrogens is 624 g/mol. The molecule has 222 valence electrons. The SMILES string of the molecule is CC1(C)c2ccccc2-c2ccc(N(c3ccccc3)c3ccc(N(c4ccccc4)c4ccc5ccccc5c4)c(Br)c3)cc21. The average molecular weight is 658 g/mol. The van der Waals surface area contributed by atoms with E-state index in [1.807, 2.05) is 0 Å². The van der Waals surface area contributed by atoms with E-state index in [0.29, 0.717) is 0 Å². The molecule has 7 aromatic carbocycles. The van der Waals surface area contributed by atoms with Crippen molar-refractivity contribution in [2.24, 2.45) is 0 Å². The third kappa shape index (κ3) is 4.79. The van der Waals surface area contributed by atoms with Gasteiger partial charge >= 0.3 is 0 Å². The van der Waals surface area contributed by atoms with Gasteiger partial charge < -0.3 is 9.80 Å². The van der Waals surface area contributed by atoms with Crippen molar-refractivity contribution in [2.45, 2.75) is 19.3 Å². The molecule has 8 rings (SSSR count). The van der Waals surface area contributed by atoms with Crippen LogP contribution in [0.1, 0.15) is 25.0 Å². The van der Waals surface area contributed by atoms with E-state index in [1.165, 1.54) is 33.0 Å². The van der Waals surface area contributed by atoms with Crippen LogP contribution in [0.15, 0.2) is 168 Å². The molecule has 0 saturated carbocycles. The number of hydrogen-bond donors (Lipinski definition) is 0. The summed E-state index contributed by atoms with van der Waals surface area (Å²) in [7, 11) is 0. The van der Waals surface area contributed by atoms with Crippen LogP contribution in [-0.4, -0.2) is 0 Å². The van der Waals surface area contributed by atoms with Gasteiger partial charge in [-0.2, -0.15) is 0 Å². The first-order chi connectivity index (χ1) is 22.5. The molecule has 46 heavy (non-hydrogen) atoms. The molecule has 0 radical (unpaired) electrons. The molecule has 3 heteroatoms. The van der Waals surface area contributed by atoms with Crippen molar-refractivity contribution in [3.8, 4) is 11.1 Å². The number of hydrogen-bond acceptors (Lipinski definition) is 2. The Labute approximate surface area is 279 Å². The van der Waals surface area contributed by atoms with E-state index in [1.54, 1.807) is 0 Å². The fourth-order valence-electron chi connectivity index (χ4n) is 6.99. The van der Waals surface area contributed by atoms with Gasteiger partial charge in [0.25, 0.3) is 0 Å². The van der Waals surface area contributed by atoms with Crippen molar-refractivity contribution in [1.29, 1.82) is 0 Å². The van der Waals surface area contributed by atoms with Crippen LogP contribution in [0, 0.1) is 0 Å². The molecule has 1 aliphatic rings. The van der Waals surface area contributed by atoms with E-state index < -0.39 is 0 Å². The lowest BCUT2D eigenvalue weighted by Crippen LogP contribution is -2.16. The van der Waals surface area contributed by atoms with Crippen molar-refractivity contribution < 1.29 is 0 Å². The minimum atomic E-state index is -0.0786. The van der Waals surface area contributed by atoms with E-state index in [9.17, 15) is 0 Å². The summed E-state index contributed by atoms with van der Waals surface area (Å²) in [5, 5.41) is 2.44. The number of anilines is 6. The Hall–Kier alpha value is -5.12. The monoisotopic (exact) mass is 656 g/mol. The lowest BCUT2D eigenvalue weighted by molar-refractivity contribution is 0.660. The molecule has 0 saturated heterocycles. The molecule has 0 aromatic heterocycles. The van der Waals surface area contributed by atoms with Gasteiger partial charge in [0, 0.05) is 38.3 Å². The van der Waals surface area contributed by atoms with Crippen molar-refractivity contribution in [3.05, 3.63) is 179 Å². The van der Waals surface area contributed by atoms with Crippen LogP contribution in [0.2, 0.25) is 0 Å². The highest BCUT2D eigenvalue weighted by atomic mass is 79.9. The highest BCUT2D eigenvalue weighted by Gasteiger charge is 2.35. The summed E-state index contributed by atoms with van der Waals surface area (Å²) < 4.78 is 1.01. The van der Waals surface area contributed by atoms with Gasteiger partial charge in [0.05, 0.1) is 5.69 Å². The van der Waals surface area contributed by atoms with Crippen LogP contribution in [0.5, 0.6) is 0 Å². The van der Waals surface area contributed by atoms with Gasteiger partial charge in [0.1, 0.15) is 0 Å². The van der Waals surface area contributed by atoms with Crippen LogP contribution in [0.4, 0.5) is 34.1 Å². The molecule has 0 bridgehead atoms. The van der Waals surface area contributed by atoms with Gasteiger partial charge in [0.2, 0.25) is 0 Å². The van der Waals surface area contributed by atoms with Gasteiger partial charge in [-0.25, -0.2) is 0 Å². The van der Waals surface area contributed by atoms with Crippen molar-refractivity contribution >= 4 is 60.8 Å². The molecule has 7 aromatic rings. The first kappa shape index (κ1) is 28.4. The Kier molecular flexibility index (Phi) is 7.00. The van der Waals surface area contributed by atoms with Crippen LogP contribution < -0.4 is 9.80 Å². The van der Waals surface area contributed by atoms with Crippen molar-refractivity contribution in [2.75, 3.05) is 9.80 Å². The van der Waals surface area contributed by atoms with E-state index in [4.69, 9.17) is 0 Å². The molecule has 0 amide bonds. The summed E-state index contributed by atoms with van der Waals surface area (Å²) in [6.45, 7) is 4.68. The summed E-state index contributed by atoms with van der Waals surface area (Å²) in [6, 6.07) is 58.9. The standard InChI is InChI=1S/C43H33BrN2/c1-43(2)39-20-12-11-19-37(39)38-25-23-35(28-40(38)43)45(32-15-5-3-6-16-32)36-24-26-42(41(44)29-36)46(33-17-7-4-8-18-33)34-22-21-30-13-9-10-14-31(30)27-34/h3-29H,1-2H3. The zero-order valence-electron chi connectivity index (χ0n) is 25.9. The molecular formula is C43H33BrN2. The Balaban J connectivity index is 1.25. The number of para-hydroxylation sites is 2. The zero-order valence-corrected chi connectivity index (χ0v) is 27.4. The summed E-state index contributed by atoms with van der Waals surface area (Å²) in [5.74, 6) is 0. The minimum absolute atomic E-state index is 0.0786. The predicted molar refractivity (Wildman–Crippen MR) is 199 cm³/mol. The fourth-order valence-corrected chi connectivity index (χ4v) is 7.54. The zero-order chi connectivity index (χ0) is 31.3. The third-order valence-corrected chi connectivity index (χ3v) is 9.91. The highest BCUT2D eigenvalue weighted by molar-refractivity contribution is 9.10. The molecule has 0 atom stereocenters. The van der Waals surface area contributed by atoms with E-state index in [-0.39, 0.29) is 5.41 Å². The first-order valence-corrected chi connectivity index (χ1v) is 16.5. The van der Waals surface area contributed by atoms with Crippen LogP contribution in [0.3, 0.4) is 0 Å². The molecule has 0 unspecified atom stereocenters. The minimum Gasteiger partial charge on any atom is -0.310 e. The smallest absolute Gasteiger partial charge is 0.0605 e. The summed E-state index contributed by atoms with van der Waals surface area (Å²) in [6.07, 6.45) is 0. The number of rotatable bonds is 6. The normalized spacial score (nSPS) is 12.8. The number of benzene rings is 7. The van der Waals surface area contributed by atoms with Gasteiger partial charge in [-0.1, -0.05) is 111 Å². The Morgan fingerprint density at radius 3 is 1.70 bits per heavy atom.